The van der Waals surface area contributed by atoms with Crippen molar-refractivity contribution in [3.63, 3.8) is 0 Å². The number of aliphatic carboxylic acids is 1. The lowest BCUT2D eigenvalue weighted by Gasteiger charge is -2.30. The Labute approximate surface area is 213 Å². The van der Waals surface area contributed by atoms with E-state index in [0.717, 1.165) is 18.7 Å². The summed E-state index contributed by atoms with van der Waals surface area (Å²) in [5, 5.41) is 10.3. The molecule has 0 atom stereocenters. The molecule has 0 radical (unpaired) electrons. The number of rotatable bonds is 9. The number of nitrogens with zero attached hydrogens (tertiary/aromatic N) is 2. The molecule has 2 aromatic carbocycles. The predicted molar refractivity (Wildman–Crippen MR) is 130 cm³/mol. The first-order valence-electron chi connectivity index (χ1n) is 11.5. The smallest absolute Gasteiger partial charge is 0.490 e. The Morgan fingerprint density at radius 1 is 1.05 bits per heavy atom. The van der Waals surface area contributed by atoms with Crippen molar-refractivity contribution in [1.82, 2.24) is 14.5 Å². The second kappa shape index (κ2) is 14.0. The molecule has 1 fully saturated rings. The van der Waals surface area contributed by atoms with Crippen LogP contribution in [0, 0.1) is 0 Å². The first-order chi connectivity index (χ1) is 17.4. The van der Waals surface area contributed by atoms with Crippen LogP contribution in [0.1, 0.15) is 12.5 Å². The Morgan fingerprint density at radius 2 is 1.62 bits per heavy atom. The second-order valence-corrected chi connectivity index (χ2v) is 9.85. The maximum absolute atomic E-state index is 13.3. The van der Waals surface area contributed by atoms with Gasteiger partial charge in [-0.1, -0.05) is 30.3 Å². The van der Waals surface area contributed by atoms with E-state index in [1.807, 2.05) is 37.3 Å². The monoisotopic (exact) mass is 545 g/mol. The largest absolute Gasteiger partial charge is 0.494 e. The maximum atomic E-state index is 13.3. The van der Waals surface area contributed by atoms with Crippen LogP contribution in [-0.2, 0) is 26.0 Å². The average Bonchev–Trinajstić information content (AvgIpc) is 2.88. The fraction of sp³-hybridized carbons (Fsp3) is 0.417. The molecule has 0 saturated carbocycles. The molecular weight excluding hydrogens is 515 g/mol. The van der Waals surface area contributed by atoms with E-state index < -0.39 is 22.2 Å². The summed E-state index contributed by atoms with van der Waals surface area (Å²) in [4.78, 5) is 23.6. The van der Waals surface area contributed by atoms with E-state index in [2.05, 4.69) is 5.32 Å². The molecular formula is C24H30F3N3O6S. The lowest BCUT2D eigenvalue weighted by molar-refractivity contribution is -0.192. The molecule has 204 valence electrons. The number of carboxylic acid groups (broad SMARTS) is 1. The molecule has 37 heavy (non-hydrogen) atoms. The highest BCUT2D eigenvalue weighted by Crippen LogP contribution is 2.20. The highest BCUT2D eigenvalue weighted by atomic mass is 32.2. The summed E-state index contributed by atoms with van der Waals surface area (Å²) >= 11 is 0. The Bertz CT molecular complexity index is 1110. The van der Waals surface area contributed by atoms with Gasteiger partial charge in [0.25, 0.3) is 0 Å². The predicted octanol–water partition coefficient (Wildman–Crippen LogP) is 2.38. The summed E-state index contributed by atoms with van der Waals surface area (Å²) in [7, 11) is -3.82. The number of hydrogen-bond acceptors (Lipinski definition) is 6. The van der Waals surface area contributed by atoms with Crippen LogP contribution in [-0.4, -0.2) is 86.7 Å². The number of piperazine rings is 1. The SMILES string of the molecule is CCOc1ccc(S(=O)(=O)N(CCc2ccccc2)CC(=O)N2CCNCC2)cc1.O=C(O)C(F)(F)F. The molecule has 0 unspecified atom stereocenters. The molecule has 1 saturated heterocycles. The summed E-state index contributed by atoms with van der Waals surface area (Å²) in [6.07, 6.45) is -4.55. The lowest BCUT2D eigenvalue weighted by Crippen LogP contribution is -2.50. The van der Waals surface area contributed by atoms with Crippen molar-refractivity contribution in [3.8, 4) is 5.75 Å². The van der Waals surface area contributed by atoms with Crippen LogP contribution in [0.4, 0.5) is 13.2 Å². The molecule has 13 heteroatoms. The fourth-order valence-electron chi connectivity index (χ4n) is 3.37. The van der Waals surface area contributed by atoms with E-state index in [-0.39, 0.29) is 23.9 Å². The van der Waals surface area contributed by atoms with Gasteiger partial charge in [0.1, 0.15) is 5.75 Å². The van der Waals surface area contributed by atoms with E-state index in [4.69, 9.17) is 14.6 Å². The van der Waals surface area contributed by atoms with Gasteiger partial charge in [0.05, 0.1) is 18.0 Å². The Hall–Kier alpha value is -3.16. The van der Waals surface area contributed by atoms with E-state index in [9.17, 15) is 26.4 Å². The third kappa shape index (κ3) is 9.67. The highest BCUT2D eigenvalue weighted by Gasteiger charge is 2.38. The molecule has 1 aliphatic rings. The number of benzene rings is 2. The van der Waals surface area contributed by atoms with Crippen LogP contribution in [0.2, 0.25) is 0 Å². The molecule has 2 N–H and O–H groups in total. The number of carbonyl (C=O) groups excluding carboxylic acids is 1. The number of carbonyl (C=O) groups is 2. The normalized spacial score (nSPS) is 14.0. The first-order valence-corrected chi connectivity index (χ1v) is 12.9. The maximum Gasteiger partial charge on any atom is 0.490 e. The van der Waals surface area contributed by atoms with Crippen molar-refractivity contribution in [1.29, 1.82) is 0 Å². The standard InChI is InChI=1S/C22H29N3O4S.C2HF3O2/c1-2-29-20-8-10-21(11-9-20)30(27,28)25(15-12-19-6-4-3-5-7-19)18-22(26)24-16-13-23-14-17-24;3-2(4,5)1(6)7/h3-11,23H,2,12-18H2,1H3;(H,6,7). The van der Waals surface area contributed by atoms with E-state index in [1.165, 1.54) is 16.4 Å². The summed E-state index contributed by atoms with van der Waals surface area (Å²) in [6.45, 7) is 5.08. The van der Waals surface area contributed by atoms with Crippen LogP contribution in [0.5, 0.6) is 5.75 Å². The number of hydrogen-bond donors (Lipinski definition) is 2. The molecule has 3 rings (SSSR count). The molecule has 2 aromatic rings. The number of carboxylic acids is 1. The van der Waals surface area contributed by atoms with Gasteiger partial charge in [-0.3, -0.25) is 4.79 Å². The van der Waals surface area contributed by atoms with Gasteiger partial charge in [0, 0.05) is 32.7 Å². The number of sulfonamides is 1. The summed E-state index contributed by atoms with van der Waals surface area (Å²) < 4.78 is 65.1. The number of halogens is 3. The van der Waals surface area contributed by atoms with Crippen molar-refractivity contribution in [2.24, 2.45) is 0 Å². The van der Waals surface area contributed by atoms with Gasteiger partial charge in [-0.25, -0.2) is 13.2 Å². The fourth-order valence-corrected chi connectivity index (χ4v) is 4.76. The van der Waals surface area contributed by atoms with Gasteiger partial charge in [-0.15, -0.1) is 0 Å². The zero-order chi connectivity index (χ0) is 27.5. The first kappa shape index (κ1) is 30.1. The number of amides is 1. The number of nitrogens with one attached hydrogen (secondary N) is 1. The number of alkyl halides is 3. The van der Waals surface area contributed by atoms with Crippen LogP contribution < -0.4 is 10.1 Å². The van der Waals surface area contributed by atoms with Gasteiger partial charge < -0.3 is 20.1 Å². The quantitative estimate of drug-likeness (QED) is 0.497. The van der Waals surface area contributed by atoms with Crippen LogP contribution >= 0.6 is 0 Å². The van der Waals surface area contributed by atoms with E-state index >= 15 is 0 Å². The zero-order valence-electron chi connectivity index (χ0n) is 20.3. The van der Waals surface area contributed by atoms with Crippen LogP contribution in [0.3, 0.4) is 0 Å². The molecule has 0 aromatic heterocycles. The molecule has 0 spiro atoms. The lowest BCUT2D eigenvalue weighted by atomic mass is 10.1. The van der Waals surface area contributed by atoms with E-state index in [1.54, 1.807) is 17.0 Å². The molecule has 9 nitrogen and oxygen atoms in total. The highest BCUT2D eigenvalue weighted by molar-refractivity contribution is 7.89. The third-order valence-electron chi connectivity index (χ3n) is 5.29. The summed E-state index contributed by atoms with van der Waals surface area (Å²) in [5.41, 5.74) is 1.03. The van der Waals surface area contributed by atoms with Gasteiger partial charge in [-0.2, -0.15) is 17.5 Å². The van der Waals surface area contributed by atoms with Crippen molar-refractivity contribution in [2.45, 2.75) is 24.4 Å². The minimum atomic E-state index is -5.08. The molecule has 1 aliphatic heterocycles. The minimum absolute atomic E-state index is 0.159. The molecule has 1 amide bonds. The minimum Gasteiger partial charge on any atom is -0.494 e. The summed E-state index contributed by atoms with van der Waals surface area (Å²) in [5.74, 6) is -2.31. The topological polar surface area (TPSA) is 116 Å². The van der Waals surface area contributed by atoms with Gasteiger partial charge in [0.15, 0.2) is 0 Å². The Kier molecular flexibility index (Phi) is 11.3. The Morgan fingerprint density at radius 3 is 2.14 bits per heavy atom. The average molecular weight is 546 g/mol. The van der Waals surface area contributed by atoms with Gasteiger partial charge in [0.2, 0.25) is 15.9 Å². The zero-order valence-corrected chi connectivity index (χ0v) is 21.1. The second-order valence-electron chi connectivity index (χ2n) is 7.91. The Balaban J connectivity index is 0.000000604. The van der Waals surface area contributed by atoms with Gasteiger partial charge in [-0.05, 0) is 43.2 Å². The van der Waals surface area contributed by atoms with Crippen molar-refractivity contribution in [2.75, 3.05) is 45.9 Å². The van der Waals surface area contributed by atoms with E-state index in [0.29, 0.717) is 31.9 Å². The van der Waals surface area contributed by atoms with Gasteiger partial charge >= 0.3 is 12.1 Å². The third-order valence-corrected chi connectivity index (χ3v) is 7.15. The van der Waals surface area contributed by atoms with Crippen LogP contribution in [0.25, 0.3) is 0 Å². The molecule has 0 bridgehead atoms. The van der Waals surface area contributed by atoms with Crippen molar-refractivity contribution < 1.29 is 41.0 Å². The van der Waals surface area contributed by atoms with Crippen molar-refractivity contribution in [3.05, 3.63) is 60.2 Å². The molecule has 0 aliphatic carbocycles. The number of ether oxygens (including phenoxy) is 1. The molecule has 1 heterocycles. The summed E-state index contributed by atoms with van der Waals surface area (Å²) in [6, 6.07) is 16.0. The van der Waals surface area contributed by atoms with Crippen LogP contribution in [0.15, 0.2) is 59.5 Å². The van der Waals surface area contributed by atoms with Crippen molar-refractivity contribution >= 4 is 21.9 Å².